The Morgan fingerprint density at radius 2 is 2.06 bits per heavy atom. The molecule has 88 valence electrons. The summed E-state index contributed by atoms with van der Waals surface area (Å²) in [5.74, 6) is 0.0224. The third-order valence-electron chi connectivity index (χ3n) is 3.67. The van der Waals surface area contributed by atoms with Crippen LogP contribution in [0.25, 0.3) is 0 Å². The van der Waals surface area contributed by atoms with Gasteiger partial charge >= 0.3 is 0 Å². The molecule has 1 saturated heterocycles. The lowest BCUT2D eigenvalue weighted by molar-refractivity contribution is -0.133. The highest BCUT2D eigenvalue weighted by atomic mass is 16.2. The molecule has 0 atom stereocenters. The van der Waals surface area contributed by atoms with E-state index in [1.807, 2.05) is 7.05 Å². The summed E-state index contributed by atoms with van der Waals surface area (Å²) in [5, 5.41) is 8.95. The number of amides is 1. The van der Waals surface area contributed by atoms with Gasteiger partial charge < -0.3 is 9.80 Å². The molecule has 1 aliphatic heterocycles. The lowest BCUT2D eigenvalue weighted by Crippen LogP contribution is -2.38. The van der Waals surface area contributed by atoms with Crippen molar-refractivity contribution in [1.29, 1.82) is 5.26 Å². The predicted molar refractivity (Wildman–Crippen MR) is 60.6 cm³/mol. The fourth-order valence-corrected chi connectivity index (χ4v) is 2.26. The standard InChI is InChI=1S/C12H19N3O/c1-14(8-9-15-6-2-3-7-15)11(16)12(10-13)4-5-12/h2-9H2,1H3. The van der Waals surface area contributed by atoms with E-state index in [1.165, 1.54) is 12.8 Å². The normalized spacial score (nSPS) is 22.8. The quantitative estimate of drug-likeness (QED) is 0.707. The second-order valence-corrected chi connectivity index (χ2v) is 4.97. The van der Waals surface area contributed by atoms with Crippen molar-refractivity contribution in [2.75, 3.05) is 33.2 Å². The van der Waals surface area contributed by atoms with Crippen LogP contribution in [-0.4, -0.2) is 48.9 Å². The first kappa shape index (κ1) is 11.4. The Balaban J connectivity index is 1.77. The highest BCUT2D eigenvalue weighted by Crippen LogP contribution is 2.46. The first-order valence-corrected chi connectivity index (χ1v) is 6.07. The summed E-state index contributed by atoms with van der Waals surface area (Å²) in [6.07, 6.45) is 4.05. The van der Waals surface area contributed by atoms with E-state index in [1.54, 1.807) is 4.90 Å². The molecule has 0 spiro atoms. The third kappa shape index (κ3) is 2.19. The van der Waals surface area contributed by atoms with Gasteiger partial charge in [0, 0.05) is 20.1 Å². The van der Waals surface area contributed by atoms with Crippen LogP contribution in [0.3, 0.4) is 0 Å². The molecule has 0 aromatic carbocycles. The van der Waals surface area contributed by atoms with Crippen molar-refractivity contribution >= 4 is 5.91 Å². The maximum atomic E-state index is 11.9. The van der Waals surface area contributed by atoms with Crippen LogP contribution in [-0.2, 0) is 4.79 Å². The van der Waals surface area contributed by atoms with Gasteiger partial charge in [-0.1, -0.05) is 0 Å². The average Bonchev–Trinajstić information content (AvgIpc) is 2.94. The van der Waals surface area contributed by atoms with Gasteiger partial charge in [0.2, 0.25) is 5.91 Å². The summed E-state index contributed by atoms with van der Waals surface area (Å²) >= 11 is 0. The SMILES string of the molecule is CN(CCN1CCCC1)C(=O)C1(C#N)CC1. The molecule has 1 heterocycles. The van der Waals surface area contributed by atoms with Crippen LogP contribution in [0.4, 0.5) is 0 Å². The monoisotopic (exact) mass is 221 g/mol. The van der Waals surface area contributed by atoms with Gasteiger partial charge in [-0.2, -0.15) is 5.26 Å². The smallest absolute Gasteiger partial charge is 0.242 e. The highest BCUT2D eigenvalue weighted by molar-refractivity contribution is 5.88. The molecular formula is C12H19N3O. The molecule has 0 aromatic heterocycles. The number of nitriles is 1. The molecule has 1 aliphatic carbocycles. The zero-order chi connectivity index (χ0) is 11.6. The van der Waals surface area contributed by atoms with Crippen molar-refractivity contribution in [2.45, 2.75) is 25.7 Å². The zero-order valence-corrected chi connectivity index (χ0v) is 9.91. The molecule has 4 nitrogen and oxygen atoms in total. The first-order chi connectivity index (χ1) is 7.68. The van der Waals surface area contributed by atoms with Crippen LogP contribution in [0, 0.1) is 16.7 Å². The van der Waals surface area contributed by atoms with Gasteiger partial charge in [-0.25, -0.2) is 0 Å². The molecule has 2 rings (SSSR count). The molecule has 0 N–H and O–H groups in total. The van der Waals surface area contributed by atoms with Gasteiger partial charge in [-0.05, 0) is 38.8 Å². The van der Waals surface area contributed by atoms with Crippen molar-refractivity contribution in [3.63, 3.8) is 0 Å². The molecule has 0 unspecified atom stereocenters. The summed E-state index contributed by atoms with van der Waals surface area (Å²) in [4.78, 5) is 16.1. The summed E-state index contributed by atoms with van der Waals surface area (Å²) in [6.45, 7) is 4.02. The maximum absolute atomic E-state index is 11.9. The topological polar surface area (TPSA) is 47.3 Å². The fourth-order valence-electron chi connectivity index (χ4n) is 2.26. The molecule has 0 radical (unpaired) electrons. The number of rotatable bonds is 4. The molecule has 4 heteroatoms. The van der Waals surface area contributed by atoms with Crippen molar-refractivity contribution in [2.24, 2.45) is 5.41 Å². The van der Waals surface area contributed by atoms with Crippen LogP contribution < -0.4 is 0 Å². The molecule has 0 aromatic rings. The van der Waals surface area contributed by atoms with E-state index < -0.39 is 5.41 Å². The fraction of sp³-hybridized carbons (Fsp3) is 0.833. The van der Waals surface area contributed by atoms with Crippen molar-refractivity contribution in [3.05, 3.63) is 0 Å². The lowest BCUT2D eigenvalue weighted by atomic mass is 10.1. The average molecular weight is 221 g/mol. The summed E-state index contributed by atoms with van der Waals surface area (Å²) < 4.78 is 0. The summed E-state index contributed by atoms with van der Waals surface area (Å²) in [5.41, 5.74) is -0.653. The van der Waals surface area contributed by atoms with Crippen LogP contribution in [0.15, 0.2) is 0 Å². The second kappa shape index (κ2) is 4.42. The third-order valence-corrected chi connectivity index (χ3v) is 3.67. The van der Waals surface area contributed by atoms with E-state index in [0.717, 1.165) is 39.0 Å². The van der Waals surface area contributed by atoms with Crippen LogP contribution >= 0.6 is 0 Å². The van der Waals surface area contributed by atoms with Gasteiger partial charge in [0.25, 0.3) is 0 Å². The predicted octanol–water partition coefficient (Wildman–Crippen LogP) is 0.844. The molecule has 2 fully saturated rings. The van der Waals surface area contributed by atoms with Crippen LogP contribution in [0.2, 0.25) is 0 Å². The number of likely N-dealkylation sites (N-methyl/N-ethyl adjacent to an activating group) is 1. The van der Waals surface area contributed by atoms with E-state index >= 15 is 0 Å². The van der Waals surface area contributed by atoms with Gasteiger partial charge in [-0.3, -0.25) is 4.79 Å². The van der Waals surface area contributed by atoms with Crippen molar-refractivity contribution < 1.29 is 4.79 Å². The number of likely N-dealkylation sites (tertiary alicyclic amines) is 1. The number of hydrogen-bond acceptors (Lipinski definition) is 3. The van der Waals surface area contributed by atoms with Crippen LogP contribution in [0.5, 0.6) is 0 Å². The Morgan fingerprint density at radius 1 is 1.44 bits per heavy atom. The molecule has 1 saturated carbocycles. The molecular weight excluding hydrogens is 202 g/mol. The second-order valence-electron chi connectivity index (χ2n) is 4.97. The van der Waals surface area contributed by atoms with Crippen molar-refractivity contribution in [3.8, 4) is 6.07 Å². The van der Waals surface area contributed by atoms with E-state index in [-0.39, 0.29) is 5.91 Å². The van der Waals surface area contributed by atoms with E-state index in [9.17, 15) is 4.79 Å². The Morgan fingerprint density at radius 3 is 2.56 bits per heavy atom. The summed E-state index contributed by atoms with van der Waals surface area (Å²) in [7, 11) is 1.82. The largest absolute Gasteiger partial charge is 0.343 e. The maximum Gasteiger partial charge on any atom is 0.242 e. The number of nitrogens with zero attached hydrogens (tertiary/aromatic N) is 3. The number of carbonyl (C=O) groups is 1. The molecule has 16 heavy (non-hydrogen) atoms. The molecule has 1 amide bonds. The Bertz CT molecular complexity index is 311. The van der Waals surface area contributed by atoms with E-state index in [2.05, 4.69) is 11.0 Å². The van der Waals surface area contributed by atoms with E-state index in [4.69, 9.17) is 5.26 Å². The Labute approximate surface area is 96.8 Å². The molecule has 2 aliphatic rings. The minimum Gasteiger partial charge on any atom is -0.343 e. The minimum atomic E-state index is -0.653. The van der Waals surface area contributed by atoms with Gasteiger partial charge in [0.15, 0.2) is 0 Å². The summed E-state index contributed by atoms with van der Waals surface area (Å²) in [6, 6.07) is 2.16. The van der Waals surface area contributed by atoms with E-state index in [0.29, 0.717) is 0 Å². The van der Waals surface area contributed by atoms with Gasteiger partial charge in [0.1, 0.15) is 5.41 Å². The first-order valence-electron chi connectivity index (χ1n) is 6.07. The minimum absolute atomic E-state index is 0.0224. The number of carbonyl (C=O) groups excluding carboxylic acids is 1. The Hall–Kier alpha value is -1.08. The Kier molecular flexibility index (Phi) is 3.15. The van der Waals surface area contributed by atoms with Crippen molar-refractivity contribution in [1.82, 2.24) is 9.80 Å². The highest BCUT2D eigenvalue weighted by Gasteiger charge is 2.51. The van der Waals surface area contributed by atoms with Crippen LogP contribution in [0.1, 0.15) is 25.7 Å². The van der Waals surface area contributed by atoms with Gasteiger partial charge in [0.05, 0.1) is 6.07 Å². The zero-order valence-electron chi connectivity index (χ0n) is 9.91. The molecule has 0 bridgehead atoms. The van der Waals surface area contributed by atoms with Gasteiger partial charge in [-0.15, -0.1) is 0 Å². The lowest BCUT2D eigenvalue weighted by Gasteiger charge is -2.23. The number of hydrogen-bond donors (Lipinski definition) is 0.